The van der Waals surface area contributed by atoms with E-state index in [0.29, 0.717) is 0 Å². The second-order valence-electron chi connectivity index (χ2n) is 2.83. The fraction of sp³-hybridized carbons (Fsp3) is 0.222. The Hall–Kier alpha value is -0.980. The molecule has 4 nitrogen and oxygen atoms in total. The molecule has 2 N–H and O–H groups in total. The van der Waals surface area contributed by atoms with Crippen LogP contribution in [0.5, 0.6) is 0 Å². The fourth-order valence-electron chi connectivity index (χ4n) is 0.983. The summed E-state index contributed by atoms with van der Waals surface area (Å²) in [6, 6.07) is 2.86. The second kappa shape index (κ2) is 6.57. The number of hydrogen-bond acceptors (Lipinski definition) is 4. The van der Waals surface area contributed by atoms with Crippen molar-refractivity contribution in [3.8, 4) is 0 Å². The molecule has 16 heavy (non-hydrogen) atoms. The standard InChI is InChI=1S/C9H11FN2O2S.ClH/c10-8(3-4-11)7-15(13,14)9-2-1-5-12-6-9;/h1-3,5-6H,4,7,11H2;1H/b8-3+;. The van der Waals surface area contributed by atoms with Crippen LogP contribution in [-0.2, 0) is 9.84 Å². The van der Waals surface area contributed by atoms with Gasteiger partial charge in [-0.2, -0.15) is 0 Å². The number of aromatic nitrogens is 1. The van der Waals surface area contributed by atoms with Gasteiger partial charge in [0.1, 0.15) is 11.6 Å². The van der Waals surface area contributed by atoms with Crippen molar-refractivity contribution < 1.29 is 12.8 Å². The molecule has 0 spiro atoms. The Kier molecular flexibility index (Phi) is 6.17. The average Bonchev–Trinajstić information content (AvgIpc) is 2.18. The van der Waals surface area contributed by atoms with Gasteiger partial charge in [0.15, 0.2) is 9.84 Å². The van der Waals surface area contributed by atoms with E-state index in [1.54, 1.807) is 0 Å². The number of pyridine rings is 1. The minimum Gasteiger partial charge on any atom is -0.327 e. The molecule has 0 saturated heterocycles. The van der Waals surface area contributed by atoms with Crippen LogP contribution < -0.4 is 5.73 Å². The number of rotatable bonds is 4. The minimum absolute atomic E-state index is 0. The summed E-state index contributed by atoms with van der Waals surface area (Å²) >= 11 is 0. The quantitative estimate of drug-likeness (QED) is 0.885. The number of nitrogens with two attached hydrogens (primary N) is 1. The zero-order chi connectivity index (χ0) is 11.3. The molecule has 7 heteroatoms. The Labute approximate surface area is 99.7 Å². The van der Waals surface area contributed by atoms with Crippen LogP contribution in [-0.4, -0.2) is 25.7 Å². The van der Waals surface area contributed by atoms with Gasteiger partial charge in [0.25, 0.3) is 0 Å². The average molecular weight is 267 g/mol. The molecule has 0 aliphatic heterocycles. The summed E-state index contributed by atoms with van der Waals surface area (Å²) in [4.78, 5) is 3.66. The highest BCUT2D eigenvalue weighted by atomic mass is 35.5. The van der Waals surface area contributed by atoms with E-state index in [1.807, 2.05) is 0 Å². The predicted molar refractivity (Wildman–Crippen MR) is 61.8 cm³/mol. The van der Waals surface area contributed by atoms with Crippen molar-refractivity contribution in [1.29, 1.82) is 0 Å². The van der Waals surface area contributed by atoms with Crippen molar-refractivity contribution in [1.82, 2.24) is 4.98 Å². The normalized spacial score (nSPS) is 12.0. The Morgan fingerprint density at radius 3 is 2.75 bits per heavy atom. The Morgan fingerprint density at radius 2 is 2.25 bits per heavy atom. The maximum atomic E-state index is 13.0. The first kappa shape index (κ1) is 15.0. The third-order valence-electron chi connectivity index (χ3n) is 1.66. The first-order valence-electron chi connectivity index (χ1n) is 4.23. The maximum Gasteiger partial charge on any atom is 0.186 e. The molecule has 0 amide bonds. The van der Waals surface area contributed by atoms with Crippen LogP contribution in [0.2, 0.25) is 0 Å². The molecule has 0 aliphatic rings. The highest BCUT2D eigenvalue weighted by Crippen LogP contribution is 2.12. The first-order chi connectivity index (χ1) is 7.06. The lowest BCUT2D eigenvalue weighted by molar-refractivity contribution is 0.582. The summed E-state index contributed by atoms with van der Waals surface area (Å²) in [6.07, 6.45) is 3.67. The number of nitrogens with zero attached hydrogens (tertiary/aromatic N) is 1. The van der Waals surface area contributed by atoms with Crippen molar-refractivity contribution in [2.75, 3.05) is 12.3 Å². The lowest BCUT2D eigenvalue weighted by Gasteiger charge is -2.01. The van der Waals surface area contributed by atoms with Gasteiger partial charge < -0.3 is 5.73 Å². The van der Waals surface area contributed by atoms with Crippen LogP contribution in [0.4, 0.5) is 4.39 Å². The summed E-state index contributed by atoms with van der Waals surface area (Å²) in [5.74, 6) is -1.42. The monoisotopic (exact) mass is 266 g/mol. The first-order valence-corrected chi connectivity index (χ1v) is 5.89. The Balaban J connectivity index is 0.00000225. The van der Waals surface area contributed by atoms with Gasteiger partial charge in [-0.3, -0.25) is 4.98 Å². The van der Waals surface area contributed by atoms with Crippen LogP contribution in [0.3, 0.4) is 0 Å². The van der Waals surface area contributed by atoms with Gasteiger partial charge in [0.05, 0.1) is 4.90 Å². The molecule has 1 aromatic heterocycles. The summed E-state index contributed by atoms with van der Waals surface area (Å²) in [7, 11) is -3.64. The van der Waals surface area contributed by atoms with Gasteiger partial charge >= 0.3 is 0 Å². The number of sulfone groups is 1. The highest BCUT2D eigenvalue weighted by Gasteiger charge is 2.16. The molecule has 0 fully saturated rings. The van der Waals surface area contributed by atoms with Gasteiger partial charge in [-0.25, -0.2) is 12.8 Å². The molecule has 0 saturated carbocycles. The minimum atomic E-state index is -3.64. The third kappa shape index (κ3) is 4.26. The van der Waals surface area contributed by atoms with Crippen molar-refractivity contribution in [3.63, 3.8) is 0 Å². The fourth-order valence-corrected chi connectivity index (χ4v) is 2.14. The largest absolute Gasteiger partial charge is 0.327 e. The van der Waals surface area contributed by atoms with E-state index in [0.717, 1.165) is 6.08 Å². The molecule has 0 atom stereocenters. The summed E-state index contributed by atoms with van der Waals surface area (Å²) in [6.45, 7) is -0.0195. The maximum absolute atomic E-state index is 13.0. The van der Waals surface area contributed by atoms with Gasteiger partial charge in [-0.1, -0.05) is 0 Å². The Bertz CT molecular complexity index is 448. The van der Waals surface area contributed by atoms with Crippen LogP contribution in [0, 0.1) is 0 Å². The number of hydrogen-bond donors (Lipinski definition) is 1. The van der Waals surface area contributed by atoms with Crippen molar-refractivity contribution in [2.24, 2.45) is 5.73 Å². The van der Waals surface area contributed by atoms with Crippen molar-refractivity contribution in [2.45, 2.75) is 4.90 Å². The van der Waals surface area contributed by atoms with E-state index in [4.69, 9.17) is 5.73 Å². The SMILES string of the molecule is Cl.NC/C=C(/F)CS(=O)(=O)c1cccnc1. The summed E-state index contributed by atoms with van der Waals surface area (Å²) < 4.78 is 36.1. The molecule has 0 bridgehead atoms. The lowest BCUT2D eigenvalue weighted by atomic mass is 10.5. The molecule has 0 radical (unpaired) electrons. The van der Waals surface area contributed by atoms with E-state index in [1.165, 1.54) is 24.5 Å². The van der Waals surface area contributed by atoms with E-state index < -0.39 is 21.4 Å². The molecule has 1 aromatic rings. The smallest absolute Gasteiger partial charge is 0.186 e. The van der Waals surface area contributed by atoms with E-state index in [2.05, 4.69) is 4.98 Å². The summed E-state index contributed by atoms with van der Waals surface area (Å²) in [5.41, 5.74) is 5.06. The van der Waals surface area contributed by atoms with Crippen molar-refractivity contribution >= 4 is 22.2 Å². The molecule has 0 aliphatic carbocycles. The molecule has 90 valence electrons. The predicted octanol–water partition coefficient (Wildman–Crippen LogP) is 1.09. The van der Waals surface area contributed by atoms with Gasteiger partial charge in [-0.05, 0) is 18.2 Å². The molecule has 1 rings (SSSR count). The molecule has 1 heterocycles. The molecular weight excluding hydrogens is 255 g/mol. The highest BCUT2D eigenvalue weighted by molar-refractivity contribution is 7.91. The van der Waals surface area contributed by atoms with Gasteiger partial charge in [0.2, 0.25) is 0 Å². The van der Waals surface area contributed by atoms with Gasteiger partial charge in [0, 0.05) is 18.9 Å². The topological polar surface area (TPSA) is 73.1 Å². The van der Waals surface area contributed by atoms with Crippen LogP contribution in [0.1, 0.15) is 0 Å². The van der Waals surface area contributed by atoms with Crippen molar-refractivity contribution in [3.05, 3.63) is 36.4 Å². The summed E-state index contributed by atoms with van der Waals surface area (Å²) in [5, 5.41) is 0. The van der Waals surface area contributed by atoms with Crippen LogP contribution in [0.25, 0.3) is 0 Å². The lowest BCUT2D eigenvalue weighted by Crippen LogP contribution is -2.08. The molecular formula is C9H12ClFN2O2S. The van der Waals surface area contributed by atoms with Crippen LogP contribution >= 0.6 is 12.4 Å². The second-order valence-corrected chi connectivity index (χ2v) is 4.82. The zero-order valence-electron chi connectivity index (χ0n) is 8.34. The Morgan fingerprint density at radius 1 is 1.56 bits per heavy atom. The van der Waals surface area contributed by atoms with Gasteiger partial charge in [-0.15, -0.1) is 12.4 Å². The zero-order valence-corrected chi connectivity index (χ0v) is 9.97. The molecule has 0 aromatic carbocycles. The van der Waals surface area contributed by atoms with E-state index in [9.17, 15) is 12.8 Å². The van der Waals surface area contributed by atoms with E-state index in [-0.39, 0.29) is 23.8 Å². The van der Waals surface area contributed by atoms with E-state index >= 15 is 0 Å². The third-order valence-corrected chi connectivity index (χ3v) is 3.28. The number of halogens is 2. The molecule has 0 unspecified atom stereocenters. The van der Waals surface area contributed by atoms with Crippen LogP contribution in [0.15, 0.2) is 41.3 Å².